The molecule has 5 heteroatoms. The predicted molar refractivity (Wildman–Crippen MR) is 65.5 cm³/mol. The number of alkyl halides is 1. The van der Waals surface area contributed by atoms with E-state index in [0.717, 1.165) is 17.3 Å². The van der Waals surface area contributed by atoms with Crippen LogP contribution < -0.4 is 22.6 Å². The van der Waals surface area contributed by atoms with Gasteiger partial charge in [0, 0.05) is 10.8 Å². The molecule has 2 nitrogen and oxygen atoms in total. The van der Waals surface area contributed by atoms with Gasteiger partial charge in [0.25, 0.3) is 0 Å². The van der Waals surface area contributed by atoms with Crippen molar-refractivity contribution in [2.24, 2.45) is 0 Å². The van der Waals surface area contributed by atoms with Crippen LogP contribution in [0, 0.1) is 12.3 Å². The van der Waals surface area contributed by atoms with Crippen LogP contribution >= 0.6 is 22.6 Å². The van der Waals surface area contributed by atoms with E-state index >= 15 is 0 Å². The van der Waals surface area contributed by atoms with Crippen molar-refractivity contribution in [3.05, 3.63) is 6.42 Å². The van der Waals surface area contributed by atoms with Crippen LogP contribution in [0.5, 0.6) is 0 Å². The Kier molecular flexibility index (Phi) is 56.6. The molecule has 0 aromatic carbocycles. The summed E-state index contributed by atoms with van der Waals surface area (Å²) in [5.74, 6) is 2.31. The van der Waals surface area contributed by atoms with Crippen LogP contribution in [0.4, 0.5) is 0 Å². The molecule has 16 heavy (non-hydrogen) atoms. The smallest absolute Gasteiger partial charge is 1.00 e. The van der Waals surface area contributed by atoms with Crippen molar-refractivity contribution in [2.75, 3.05) is 4.43 Å². The van der Waals surface area contributed by atoms with Crippen LogP contribution in [0.3, 0.4) is 0 Å². The fourth-order valence-electron chi connectivity index (χ4n) is 0.155. The first-order chi connectivity index (χ1) is 6.38. The molecule has 0 saturated heterocycles. The molecule has 0 unspecified atom stereocenters. The standard InChI is InChI=1S/C5H6I.2C3H7O.ClH.Ti/c1-2-3-4-5-6;2*1-3(2)4;;/h3-5H2;2*3H,1-2H3;1H;/q;2*-1;;+3/p-1. The Bertz CT molecular complexity index is 116. The van der Waals surface area contributed by atoms with Crippen LogP contribution in [0.15, 0.2) is 0 Å². The molecule has 0 saturated carbocycles. The molecule has 0 spiro atoms. The normalized spacial score (nSPS) is 7.25. The second-order valence-electron chi connectivity index (χ2n) is 3.07. The molecule has 0 rings (SSSR count). The minimum Gasteiger partial charge on any atom is -1.00 e. The van der Waals surface area contributed by atoms with Gasteiger partial charge in [0.1, 0.15) is 0 Å². The molecule has 0 aromatic rings. The third-order valence-corrected chi connectivity index (χ3v) is 1.20. The van der Waals surface area contributed by atoms with Crippen LogP contribution in [-0.2, 0) is 21.7 Å². The molecular formula is C11H20ClIO2Ti. The maximum absolute atomic E-state index is 9.53. The predicted octanol–water partition coefficient (Wildman–Crippen LogP) is -1.70. The number of unbranched alkanes of at least 4 members (excludes halogenated alkanes) is 1. The van der Waals surface area contributed by atoms with Crippen molar-refractivity contribution in [1.29, 1.82) is 0 Å². The molecule has 0 fully saturated rings. The molecule has 0 aliphatic heterocycles. The van der Waals surface area contributed by atoms with Gasteiger partial charge >= 0.3 is 21.7 Å². The van der Waals surface area contributed by atoms with Gasteiger partial charge in [0.15, 0.2) is 0 Å². The van der Waals surface area contributed by atoms with Crippen molar-refractivity contribution < 1.29 is 44.3 Å². The molecule has 0 aromatic heterocycles. The fraction of sp³-hybridized carbons (Fsp3) is 0.818. The number of halogens is 2. The largest absolute Gasteiger partial charge is 3.00 e. The van der Waals surface area contributed by atoms with E-state index in [4.69, 9.17) is 6.42 Å². The van der Waals surface area contributed by atoms with Crippen molar-refractivity contribution in [3.8, 4) is 5.92 Å². The molecule has 0 aliphatic rings. The average molecular weight is 395 g/mol. The van der Waals surface area contributed by atoms with E-state index in [-0.39, 0.29) is 34.1 Å². The van der Waals surface area contributed by atoms with Gasteiger partial charge in [-0.25, -0.2) is 0 Å². The van der Waals surface area contributed by atoms with E-state index in [9.17, 15) is 10.2 Å². The molecule has 0 heterocycles. The SMILES string of the molecule is CC(C)[O-].CC(C)[O-].[C]#CCCCI.[Cl-].[Ti+3]. The van der Waals surface area contributed by atoms with Crippen LogP contribution in [-0.4, -0.2) is 16.6 Å². The molecule has 0 amide bonds. The zero-order valence-electron chi connectivity index (χ0n) is 10.3. The van der Waals surface area contributed by atoms with E-state index in [1.807, 2.05) is 0 Å². The molecule has 0 bridgehead atoms. The molecule has 0 atom stereocenters. The Morgan fingerprint density at radius 2 is 1.38 bits per heavy atom. The first kappa shape index (κ1) is 30.3. The Labute approximate surface area is 135 Å². The third-order valence-electron chi connectivity index (χ3n) is 0.435. The van der Waals surface area contributed by atoms with Crippen LogP contribution in [0.2, 0.25) is 0 Å². The van der Waals surface area contributed by atoms with Gasteiger partial charge in [0.05, 0.1) is 0 Å². The van der Waals surface area contributed by atoms with Crippen molar-refractivity contribution in [3.63, 3.8) is 0 Å². The van der Waals surface area contributed by atoms with E-state index in [1.54, 1.807) is 27.7 Å². The molecular weight excluding hydrogens is 374 g/mol. The van der Waals surface area contributed by atoms with Gasteiger partial charge < -0.3 is 22.6 Å². The van der Waals surface area contributed by atoms with Crippen molar-refractivity contribution in [2.45, 2.75) is 52.7 Å². The summed E-state index contributed by atoms with van der Waals surface area (Å²) in [4.78, 5) is 0. The summed E-state index contributed by atoms with van der Waals surface area (Å²) in [5.41, 5.74) is 0. The number of hydrogen-bond acceptors (Lipinski definition) is 2. The summed E-state index contributed by atoms with van der Waals surface area (Å²) >= 11 is 2.29. The molecule has 2 radical (unpaired) electrons. The summed E-state index contributed by atoms with van der Waals surface area (Å²) in [6, 6.07) is 0. The van der Waals surface area contributed by atoms with Gasteiger partial charge in [0.2, 0.25) is 0 Å². The fourth-order valence-corrected chi connectivity index (χ4v) is 0.537. The molecule has 0 aliphatic carbocycles. The van der Waals surface area contributed by atoms with Crippen molar-refractivity contribution >= 4 is 22.6 Å². The van der Waals surface area contributed by atoms with Gasteiger partial charge in [-0.15, -0.1) is 12.2 Å². The van der Waals surface area contributed by atoms with E-state index < -0.39 is 12.2 Å². The summed E-state index contributed by atoms with van der Waals surface area (Å²) in [6.07, 6.45) is 7.54. The van der Waals surface area contributed by atoms with Gasteiger partial charge in [-0.1, -0.05) is 56.2 Å². The monoisotopic (exact) mass is 394 g/mol. The average Bonchev–Trinajstić information content (AvgIpc) is 1.98. The van der Waals surface area contributed by atoms with Gasteiger partial charge in [-0.3, -0.25) is 0 Å². The Balaban J connectivity index is -0.0000000367. The van der Waals surface area contributed by atoms with Crippen molar-refractivity contribution in [1.82, 2.24) is 0 Å². The zero-order chi connectivity index (χ0) is 12.0. The first-order valence-corrected chi connectivity index (χ1v) is 6.18. The second kappa shape index (κ2) is 29.8. The maximum Gasteiger partial charge on any atom is 3.00 e. The van der Waals surface area contributed by atoms with Crippen LogP contribution in [0.25, 0.3) is 0 Å². The molecule has 0 N–H and O–H groups in total. The van der Waals surface area contributed by atoms with E-state index in [1.165, 1.54) is 0 Å². The summed E-state index contributed by atoms with van der Waals surface area (Å²) in [5, 5.41) is 19.1. The summed E-state index contributed by atoms with van der Waals surface area (Å²) in [6.45, 7) is 6.44. The first-order valence-electron chi connectivity index (χ1n) is 4.65. The number of rotatable bonds is 2. The quantitative estimate of drug-likeness (QED) is 0.184. The van der Waals surface area contributed by atoms with E-state index in [0.29, 0.717) is 0 Å². The Morgan fingerprint density at radius 3 is 1.44 bits per heavy atom. The second-order valence-corrected chi connectivity index (χ2v) is 4.15. The molecule has 94 valence electrons. The Morgan fingerprint density at radius 1 is 1.12 bits per heavy atom. The topological polar surface area (TPSA) is 46.1 Å². The van der Waals surface area contributed by atoms with Crippen LogP contribution in [0.1, 0.15) is 40.5 Å². The Hall–Kier alpha value is 1.21. The summed E-state index contributed by atoms with van der Waals surface area (Å²) in [7, 11) is 0. The van der Waals surface area contributed by atoms with Gasteiger partial charge in [-0.05, 0) is 12.8 Å². The summed E-state index contributed by atoms with van der Waals surface area (Å²) < 4.78 is 1.14. The minimum absolute atomic E-state index is 0. The number of hydrogen-bond donors (Lipinski definition) is 0. The minimum atomic E-state index is -0.417. The third kappa shape index (κ3) is 173. The zero-order valence-corrected chi connectivity index (χ0v) is 14.8. The van der Waals surface area contributed by atoms with E-state index in [2.05, 4.69) is 28.5 Å². The van der Waals surface area contributed by atoms with Gasteiger partial charge in [-0.2, -0.15) is 0 Å². The maximum atomic E-state index is 9.53.